The number of amides is 3. The monoisotopic (exact) mass is 449 g/mol. The van der Waals surface area contributed by atoms with E-state index in [9.17, 15) is 27.2 Å². The first-order chi connectivity index (χ1) is 15.2. The topological polar surface area (TPSA) is 97.6 Å². The van der Waals surface area contributed by atoms with Gasteiger partial charge in [0, 0.05) is 30.6 Å². The van der Waals surface area contributed by atoms with E-state index in [4.69, 9.17) is 0 Å². The molecule has 0 radical (unpaired) electrons. The summed E-state index contributed by atoms with van der Waals surface area (Å²) in [5.74, 6) is -3.03. The summed E-state index contributed by atoms with van der Waals surface area (Å²) in [6, 6.07) is 4.23. The van der Waals surface area contributed by atoms with Crippen LogP contribution in [0.3, 0.4) is 0 Å². The molecule has 1 saturated heterocycles. The van der Waals surface area contributed by atoms with E-state index in [0.29, 0.717) is 17.8 Å². The van der Waals surface area contributed by atoms with Crippen LogP contribution in [0.5, 0.6) is 5.75 Å². The second-order valence-corrected chi connectivity index (χ2v) is 7.65. The second-order valence-electron chi connectivity index (χ2n) is 7.65. The van der Waals surface area contributed by atoms with E-state index in [2.05, 4.69) is 25.5 Å². The van der Waals surface area contributed by atoms with E-state index in [0.717, 1.165) is 17.7 Å². The molecular formula is C20H15F4N5O3. The van der Waals surface area contributed by atoms with Gasteiger partial charge < -0.3 is 10.1 Å². The van der Waals surface area contributed by atoms with Gasteiger partial charge in [0.1, 0.15) is 11.6 Å². The van der Waals surface area contributed by atoms with Gasteiger partial charge >= 0.3 is 12.4 Å². The van der Waals surface area contributed by atoms with E-state index in [1.165, 1.54) is 10.6 Å². The number of rotatable bonds is 4. The van der Waals surface area contributed by atoms with Crippen LogP contribution in [0.1, 0.15) is 41.0 Å². The lowest BCUT2D eigenvalue weighted by atomic mass is 9.99. The maximum Gasteiger partial charge on any atom is 0.573 e. The quantitative estimate of drug-likeness (QED) is 0.597. The number of imide groups is 1. The fraction of sp³-hybridized carbons (Fsp3) is 0.300. The van der Waals surface area contributed by atoms with Crippen molar-refractivity contribution in [3.63, 3.8) is 0 Å². The van der Waals surface area contributed by atoms with Crippen LogP contribution < -0.4 is 15.4 Å². The van der Waals surface area contributed by atoms with Crippen molar-refractivity contribution in [1.82, 2.24) is 25.2 Å². The molecule has 12 heteroatoms. The molecule has 166 valence electrons. The van der Waals surface area contributed by atoms with Gasteiger partial charge in [-0.1, -0.05) is 6.07 Å². The highest BCUT2D eigenvalue weighted by Gasteiger charge is 2.43. The minimum absolute atomic E-state index is 0.0840. The molecule has 0 spiro atoms. The fourth-order valence-corrected chi connectivity index (χ4v) is 4.06. The van der Waals surface area contributed by atoms with Crippen molar-refractivity contribution in [2.45, 2.75) is 30.5 Å². The number of nitrogens with one attached hydrogen (secondary N) is 2. The van der Waals surface area contributed by atoms with Crippen LogP contribution in [0, 0.1) is 5.82 Å². The number of carbonyl (C=O) groups is 2. The predicted octanol–water partition coefficient (Wildman–Crippen LogP) is 2.96. The Morgan fingerprint density at radius 2 is 1.91 bits per heavy atom. The first kappa shape index (κ1) is 20.2. The SMILES string of the molecule is O=C1NCC(c2cc([C@H]3C[C@@H]3c3ccc(OC(F)(F)F)cc3F)c3nccn3n2)C(=O)N1. The standard InChI is InChI=1S/C20H15F4N5O3/c21-15-5-9(32-20(22,23)24)1-2-10(15)11-6-12(11)13-7-16(28-29-4-3-25-17(13)29)14-8-26-19(31)27-18(14)30/h1-5,7,11-12,14H,6,8H2,(H2,26,27,30,31)/t11-,12+,14?/m1/s1. The van der Waals surface area contributed by atoms with Crippen molar-refractivity contribution >= 4 is 17.6 Å². The minimum Gasteiger partial charge on any atom is -0.406 e. The molecule has 2 aliphatic rings. The number of hydrogen-bond donors (Lipinski definition) is 2. The third-order valence-electron chi connectivity index (χ3n) is 5.58. The lowest BCUT2D eigenvalue weighted by Gasteiger charge is -2.22. The van der Waals surface area contributed by atoms with Gasteiger partial charge in [0.25, 0.3) is 0 Å². The summed E-state index contributed by atoms with van der Waals surface area (Å²) in [5.41, 5.74) is 1.97. The van der Waals surface area contributed by atoms with Crippen molar-refractivity contribution in [3.05, 3.63) is 59.3 Å². The summed E-state index contributed by atoms with van der Waals surface area (Å²) < 4.78 is 56.9. The molecule has 1 aliphatic heterocycles. The molecule has 3 atom stereocenters. The Kier molecular flexibility index (Phi) is 4.53. The van der Waals surface area contributed by atoms with Crippen molar-refractivity contribution in [2.75, 3.05) is 6.54 Å². The molecule has 2 N–H and O–H groups in total. The van der Waals surface area contributed by atoms with Gasteiger partial charge in [-0.15, -0.1) is 13.2 Å². The fourth-order valence-electron chi connectivity index (χ4n) is 4.06. The average molecular weight is 449 g/mol. The smallest absolute Gasteiger partial charge is 0.406 e. The molecule has 3 heterocycles. The molecule has 3 aromatic rings. The first-order valence-corrected chi connectivity index (χ1v) is 9.67. The van der Waals surface area contributed by atoms with Gasteiger partial charge in [-0.25, -0.2) is 18.7 Å². The highest BCUT2D eigenvalue weighted by atomic mass is 19.4. The highest BCUT2D eigenvalue weighted by molar-refractivity contribution is 6.00. The summed E-state index contributed by atoms with van der Waals surface area (Å²) in [7, 11) is 0. The Hall–Kier alpha value is -3.70. The van der Waals surface area contributed by atoms with E-state index in [1.54, 1.807) is 18.5 Å². The van der Waals surface area contributed by atoms with Crippen LogP contribution in [0.15, 0.2) is 36.7 Å². The summed E-state index contributed by atoms with van der Waals surface area (Å²) in [4.78, 5) is 27.9. The molecule has 2 fully saturated rings. The summed E-state index contributed by atoms with van der Waals surface area (Å²) in [6.45, 7) is 0.0840. The molecule has 1 saturated carbocycles. The molecule has 32 heavy (non-hydrogen) atoms. The van der Waals surface area contributed by atoms with E-state index in [1.807, 2.05) is 0 Å². The maximum atomic E-state index is 14.5. The second kappa shape index (κ2) is 7.18. The zero-order valence-electron chi connectivity index (χ0n) is 16.2. The van der Waals surface area contributed by atoms with Crippen molar-refractivity contribution in [1.29, 1.82) is 0 Å². The maximum absolute atomic E-state index is 14.5. The van der Waals surface area contributed by atoms with Gasteiger partial charge in [0.05, 0.1) is 11.6 Å². The molecule has 1 aromatic carbocycles. The van der Waals surface area contributed by atoms with E-state index < -0.39 is 35.8 Å². The van der Waals surface area contributed by atoms with Crippen LogP contribution in [0.2, 0.25) is 0 Å². The Labute approximate surface area is 177 Å². The normalized spacial score (nSPS) is 23.1. The number of urea groups is 1. The molecule has 5 rings (SSSR count). The molecule has 8 nitrogen and oxygen atoms in total. The number of fused-ring (bicyclic) bond motifs is 1. The Morgan fingerprint density at radius 1 is 1.12 bits per heavy atom. The number of nitrogens with zero attached hydrogens (tertiary/aromatic N) is 3. The third-order valence-corrected chi connectivity index (χ3v) is 5.58. The van der Waals surface area contributed by atoms with E-state index in [-0.39, 0.29) is 23.9 Å². The van der Waals surface area contributed by atoms with E-state index >= 15 is 0 Å². The largest absolute Gasteiger partial charge is 0.573 e. The van der Waals surface area contributed by atoms with Crippen molar-refractivity contribution in [3.8, 4) is 5.75 Å². The Morgan fingerprint density at radius 3 is 2.62 bits per heavy atom. The third kappa shape index (κ3) is 3.72. The van der Waals surface area contributed by atoms with Crippen LogP contribution in [0.4, 0.5) is 22.4 Å². The number of alkyl halides is 3. The van der Waals surface area contributed by atoms with Crippen LogP contribution in [0.25, 0.3) is 5.65 Å². The number of benzene rings is 1. The number of halogens is 4. The zero-order chi connectivity index (χ0) is 22.6. The highest BCUT2D eigenvalue weighted by Crippen LogP contribution is 2.56. The molecule has 2 aromatic heterocycles. The number of hydrogen-bond acceptors (Lipinski definition) is 5. The van der Waals surface area contributed by atoms with Gasteiger partial charge in [-0.2, -0.15) is 5.10 Å². The lowest BCUT2D eigenvalue weighted by Crippen LogP contribution is -2.51. The Balaban J connectivity index is 1.44. The van der Waals surface area contributed by atoms with Gasteiger partial charge in [-0.3, -0.25) is 10.1 Å². The molecule has 1 unspecified atom stereocenters. The molecule has 1 aliphatic carbocycles. The lowest BCUT2D eigenvalue weighted by molar-refractivity contribution is -0.274. The van der Waals surface area contributed by atoms with Crippen LogP contribution in [-0.4, -0.2) is 39.4 Å². The number of aromatic nitrogens is 3. The number of ether oxygens (including phenoxy) is 1. The predicted molar refractivity (Wildman–Crippen MR) is 100 cm³/mol. The van der Waals surface area contributed by atoms with Gasteiger partial charge in [0.15, 0.2) is 5.65 Å². The average Bonchev–Trinajstić information content (AvgIpc) is 3.33. The molecule has 3 amide bonds. The van der Waals surface area contributed by atoms with Crippen LogP contribution >= 0.6 is 0 Å². The van der Waals surface area contributed by atoms with Gasteiger partial charge in [-0.05, 0) is 36.0 Å². The van der Waals surface area contributed by atoms with Crippen LogP contribution in [-0.2, 0) is 4.79 Å². The first-order valence-electron chi connectivity index (χ1n) is 9.67. The summed E-state index contributed by atoms with van der Waals surface area (Å²) >= 11 is 0. The molecule has 0 bridgehead atoms. The van der Waals surface area contributed by atoms with Crippen molar-refractivity contribution in [2.24, 2.45) is 0 Å². The molecular weight excluding hydrogens is 434 g/mol. The number of carbonyl (C=O) groups excluding carboxylic acids is 2. The van der Waals surface area contributed by atoms with Crippen molar-refractivity contribution < 1.29 is 31.9 Å². The summed E-state index contributed by atoms with van der Waals surface area (Å²) in [6.07, 6.45) is -1.20. The number of imidazole rings is 1. The minimum atomic E-state index is -4.90. The summed E-state index contributed by atoms with van der Waals surface area (Å²) in [5, 5.41) is 9.17. The van der Waals surface area contributed by atoms with Gasteiger partial charge in [0.2, 0.25) is 5.91 Å². The Bertz CT molecular complexity index is 1240. The zero-order valence-corrected chi connectivity index (χ0v) is 16.2.